The van der Waals surface area contributed by atoms with Crippen LogP contribution in [0.2, 0.25) is 0 Å². The van der Waals surface area contributed by atoms with Gasteiger partial charge in [-0.2, -0.15) is 9.50 Å². The Hall–Kier alpha value is -2.87. The number of rotatable bonds is 2. The van der Waals surface area contributed by atoms with Gasteiger partial charge < -0.3 is 5.73 Å². The molecule has 0 aliphatic heterocycles. The molecule has 0 atom stereocenters. The SMILES string of the molecule is CSc1nc2nc(C)c3c(=O)n(-c4ccccc4N)ccc3n2n1. The van der Waals surface area contributed by atoms with Gasteiger partial charge in [-0.15, -0.1) is 5.10 Å². The average molecular weight is 338 g/mol. The molecule has 2 N–H and O–H groups in total. The number of anilines is 1. The largest absolute Gasteiger partial charge is 0.397 e. The summed E-state index contributed by atoms with van der Waals surface area (Å²) >= 11 is 1.43. The van der Waals surface area contributed by atoms with Gasteiger partial charge in [0, 0.05) is 6.20 Å². The fourth-order valence-electron chi connectivity index (χ4n) is 2.75. The molecule has 7 nitrogen and oxygen atoms in total. The van der Waals surface area contributed by atoms with Gasteiger partial charge in [0.15, 0.2) is 0 Å². The first kappa shape index (κ1) is 14.7. The lowest BCUT2D eigenvalue weighted by atomic mass is 10.2. The molecule has 0 bridgehead atoms. The van der Waals surface area contributed by atoms with Crippen molar-refractivity contribution < 1.29 is 0 Å². The number of aromatic nitrogens is 5. The molecule has 4 aromatic rings. The number of nitrogens with zero attached hydrogens (tertiary/aromatic N) is 5. The molecule has 0 spiro atoms. The molecule has 120 valence electrons. The van der Waals surface area contributed by atoms with E-state index in [9.17, 15) is 4.79 Å². The van der Waals surface area contributed by atoms with Gasteiger partial charge in [0.2, 0.25) is 5.16 Å². The van der Waals surface area contributed by atoms with Crippen molar-refractivity contribution >= 4 is 34.1 Å². The van der Waals surface area contributed by atoms with Crippen LogP contribution in [0.4, 0.5) is 5.69 Å². The third-order valence-corrected chi connectivity index (χ3v) is 4.42. The van der Waals surface area contributed by atoms with E-state index >= 15 is 0 Å². The summed E-state index contributed by atoms with van der Waals surface area (Å²) in [5.41, 5.74) is 8.31. The molecule has 24 heavy (non-hydrogen) atoms. The van der Waals surface area contributed by atoms with Crippen LogP contribution in [0.3, 0.4) is 0 Å². The van der Waals surface area contributed by atoms with Crippen molar-refractivity contribution in [2.24, 2.45) is 0 Å². The first-order chi connectivity index (χ1) is 11.6. The number of hydrogen-bond acceptors (Lipinski definition) is 6. The van der Waals surface area contributed by atoms with Crippen LogP contribution in [0.15, 0.2) is 46.5 Å². The number of pyridine rings is 1. The highest BCUT2D eigenvalue weighted by molar-refractivity contribution is 7.98. The van der Waals surface area contributed by atoms with Crippen LogP contribution >= 0.6 is 11.8 Å². The predicted octanol–water partition coefficient (Wildman–Crippen LogP) is 2.04. The maximum atomic E-state index is 13.0. The van der Waals surface area contributed by atoms with E-state index < -0.39 is 0 Å². The van der Waals surface area contributed by atoms with Crippen LogP contribution in [-0.2, 0) is 0 Å². The Labute approximate surface area is 141 Å². The molecule has 0 aliphatic rings. The van der Waals surface area contributed by atoms with Gasteiger partial charge in [-0.1, -0.05) is 23.9 Å². The Balaban J connectivity index is 2.10. The molecule has 1 aromatic carbocycles. The van der Waals surface area contributed by atoms with Gasteiger partial charge in [-0.3, -0.25) is 9.36 Å². The molecule has 0 radical (unpaired) electrons. The minimum atomic E-state index is -0.182. The number of nitrogens with two attached hydrogens (primary N) is 1. The van der Waals surface area contributed by atoms with Crippen molar-refractivity contribution in [1.29, 1.82) is 0 Å². The van der Waals surface area contributed by atoms with Gasteiger partial charge in [-0.05, 0) is 31.4 Å². The Morgan fingerprint density at radius 3 is 2.71 bits per heavy atom. The number of fused-ring (bicyclic) bond motifs is 3. The zero-order valence-corrected chi connectivity index (χ0v) is 13.9. The minimum absolute atomic E-state index is 0.182. The zero-order chi connectivity index (χ0) is 16.8. The molecule has 3 heterocycles. The van der Waals surface area contributed by atoms with Gasteiger partial charge in [0.05, 0.1) is 28.0 Å². The van der Waals surface area contributed by atoms with E-state index in [-0.39, 0.29) is 5.56 Å². The summed E-state index contributed by atoms with van der Waals surface area (Å²) in [6.45, 7) is 1.80. The first-order valence-corrected chi connectivity index (χ1v) is 8.50. The summed E-state index contributed by atoms with van der Waals surface area (Å²) in [7, 11) is 0. The smallest absolute Gasteiger partial charge is 0.266 e. The van der Waals surface area contributed by atoms with E-state index in [1.54, 1.807) is 23.7 Å². The lowest BCUT2D eigenvalue weighted by molar-refractivity contribution is 0.901. The Morgan fingerprint density at radius 2 is 1.96 bits per heavy atom. The van der Waals surface area contributed by atoms with Crippen molar-refractivity contribution in [3.8, 4) is 5.69 Å². The molecule has 3 aromatic heterocycles. The third kappa shape index (κ3) is 2.07. The lowest BCUT2D eigenvalue weighted by Gasteiger charge is -2.11. The summed E-state index contributed by atoms with van der Waals surface area (Å²) < 4.78 is 3.14. The van der Waals surface area contributed by atoms with E-state index in [1.165, 1.54) is 16.3 Å². The van der Waals surface area contributed by atoms with E-state index in [2.05, 4.69) is 15.1 Å². The van der Waals surface area contributed by atoms with Crippen molar-refractivity contribution in [2.45, 2.75) is 12.1 Å². The zero-order valence-electron chi connectivity index (χ0n) is 13.1. The summed E-state index contributed by atoms with van der Waals surface area (Å²) in [5, 5.41) is 5.52. The molecule has 4 rings (SSSR count). The van der Waals surface area contributed by atoms with Gasteiger partial charge in [-0.25, -0.2) is 4.98 Å². The summed E-state index contributed by atoms with van der Waals surface area (Å²) in [5.74, 6) is 0.487. The van der Waals surface area contributed by atoms with Crippen LogP contribution in [0.1, 0.15) is 5.69 Å². The third-order valence-electron chi connectivity index (χ3n) is 3.88. The number of aryl methyl sites for hydroxylation is 1. The molecule has 0 amide bonds. The normalized spacial score (nSPS) is 11.4. The van der Waals surface area contributed by atoms with Crippen LogP contribution in [0, 0.1) is 6.92 Å². The standard InChI is InChI=1S/C16H14N6OS/c1-9-13-12(22-15(18-9)19-16(20-22)24-2)7-8-21(14(13)23)11-6-4-3-5-10(11)17/h3-8H,17H2,1-2H3. The summed E-state index contributed by atoms with van der Waals surface area (Å²) in [6, 6.07) is 9.09. The second-order valence-electron chi connectivity index (χ2n) is 5.32. The number of hydrogen-bond donors (Lipinski definition) is 1. The lowest BCUT2D eigenvalue weighted by Crippen LogP contribution is -2.21. The van der Waals surface area contributed by atoms with Crippen molar-refractivity contribution in [3.05, 3.63) is 52.6 Å². The first-order valence-electron chi connectivity index (χ1n) is 7.28. The Kier molecular flexibility index (Phi) is 3.27. The van der Waals surface area contributed by atoms with E-state index in [1.807, 2.05) is 30.5 Å². The van der Waals surface area contributed by atoms with Crippen molar-refractivity contribution in [3.63, 3.8) is 0 Å². The fraction of sp³-hybridized carbons (Fsp3) is 0.125. The molecular formula is C16H14N6OS. The van der Waals surface area contributed by atoms with Gasteiger partial charge in [0.1, 0.15) is 0 Å². The molecule has 0 saturated heterocycles. The van der Waals surface area contributed by atoms with E-state index in [4.69, 9.17) is 5.73 Å². The van der Waals surface area contributed by atoms with Crippen molar-refractivity contribution in [2.75, 3.05) is 12.0 Å². The van der Waals surface area contributed by atoms with Crippen molar-refractivity contribution in [1.82, 2.24) is 24.1 Å². The average Bonchev–Trinajstić information content (AvgIpc) is 2.99. The fourth-order valence-corrected chi connectivity index (χ4v) is 3.09. The number of nitrogen functional groups attached to an aromatic ring is 1. The van der Waals surface area contributed by atoms with Crippen LogP contribution in [0.5, 0.6) is 0 Å². The molecular weight excluding hydrogens is 324 g/mol. The highest BCUT2D eigenvalue weighted by atomic mass is 32.2. The van der Waals surface area contributed by atoms with Crippen LogP contribution in [-0.4, -0.2) is 30.4 Å². The highest BCUT2D eigenvalue weighted by Crippen LogP contribution is 2.20. The van der Waals surface area contributed by atoms with E-state index in [0.717, 1.165) is 0 Å². The van der Waals surface area contributed by atoms with Crippen LogP contribution in [0.25, 0.3) is 22.4 Å². The molecule has 8 heteroatoms. The second-order valence-corrected chi connectivity index (χ2v) is 6.09. The quantitative estimate of drug-likeness (QED) is 0.444. The Morgan fingerprint density at radius 1 is 1.17 bits per heavy atom. The molecule has 0 fully saturated rings. The Bertz CT molecular complexity index is 1150. The van der Waals surface area contributed by atoms with E-state index in [0.29, 0.717) is 38.9 Å². The maximum Gasteiger partial charge on any atom is 0.266 e. The minimum Gasteiger partial charge on any atom is -0.397 e. The highest BCUT2D eigenvalue weighted by Gasteiger charge is 2.15. The van der Waals surface area contributed by atoms with Gasteiger partial charge >= 0.3 is 0 Å². The summed E-state index contributed by atoms with van der Waals surface area (Å²) in [4.78, 5) is 21.8. The number of benzene rings is 1. The molecule has 0 saturated carbocycles. The molecule has 0 aliphatic carbocycles. The number of thioether (sulfide) groups is 1. The second kappa shape index (κ2) is 5.34. The monoisotopic (exact) mass is 338 g/mol. The summed E-state index contributed by atoms with van der Waals surface area (Å²) in [6.07, 6.45) is 3.60. The topological polar surface area (TPSA) is 91.1 Å². The number of para-hydroxylation sites is 2. The van der Waals surface area contributed by atoms with Gasteiger partial charge in [0.25, 0.3) is 11.3 Å². The maximum absolute atomic E-state index is 13.0. The predicted molar refractivity (Wildman–Crippen MR) is 94.8 cm³/mol. The van der Waals surface area contributed by atoms with Crippen LogP contribution < -0.4 is 11.3 Å². The molecule has 0 unspecified atom stereocenters.